The summed E-state index contributed by atoms with van der Waals surface area (Å²) in [6.45, 7) is 1.23. The second-order valence-electron chi connectivity index (χ2n) is 11.3. The average molecular weight is 691 g/mol. The Balaban J connectivity index is 1.28. The number of pyridine rings is 1. The first-order valence-electron chi connectivity index (χ1n) is 15.3. The summed E-state index contributed by atoms with van der Waals surface area (Å²) < 4.78 is 7.28. The molecule has 2 amide bonds. The minimum Gasteiger partial charge on any atom is -0.481 e. The van der Waals surface area contributed by atoms with E-state index in [0.29, 0.717) is 75.3 Å². The third-order valence-corrected chi connectivity index (χ3v) is 8.91. The van der Waals surface area contributed by atoms with Crippen LogP contribution in [0.4, 0.5) is 4.79 Å². The lowest BCUT2D eigenvalue weighted by Crippen LogP contribution is -2.41. The Kier molecular flexibility index (Phi) is 10.1. The van der Waals surface area contributed by atoms with Gasteiger partial charge in [-0.3, -0.25) is 4.79 Å². The van der Waals surface area contributed by atoms with Crippen LogP contribution in [0, 0.1) is 0 Å². The van der Waals surface area contributed by atoms with E-state index in [-0.39, 0.29) is 37.5 Å². The zero-order valence-corrected chi connectivity index (χ0v) is 27.5. The Morgan fingerprint density at radius 3 is 2.35 bits per heavy atom. The molecule has 1 fully saturated rings. The largest absolute Gasteiger partial charge is 0.481 e. The molecule has 3 aromatic heterocycles. The quantitative estimate of drug-likeness (QED) is 0.128. The minimum atomic E-state index is -1.10. The zero-order valence-electron chi connectivity index (χ0n) is 26.0. The smallest absolute Gasteiger partial charge is 0.407 e. The number of halogens is 2. The highest BCUT2D eigenvalue weighted by atomic mass is 35.5. The fourth-order valence-electron chi connectivity index (χ4n) is 5.74. The lowest BCUT2D eigenvalue weighted by Gasteiger charge is -2.23. The molecule has 4 N–H and O–H groups in total. The van der Waals surface area contributed by atoms with Crippen LogP contribution >= 0.6 is 23.2 Å². The van der Waals surface area contributed by atoms with E-state index in [0.717, 1.165) is 11.3 Å². The van der Waals surface area contributed by atoms with Crippen LogP contribution in [0.1, 0.15) is 24.1 Å². The molecule has 0 radical (unpaired) electrons. The number of aliphatic hydroxyl groups excluding tert-OH is 1. The van der Waals surface area contributed by atoms with Crippen molar-refractivity contribution >= 4 is 40.8 Å². The molecule has 1 aliphatic heterocycles. The number of nitrogens with zero attached hydrogens (tertiary/aromatic N) is 5. The SMILES string of the molecule is COc1nc(-c2cccc(-c3cccc(-c4ccc5nc(CNCCO)cn5n4)c3Cl)c2Cl)ccc1CN(C[C@@H]1CCC(=O)N1)C(=O)O. The maximum absolute atomic E-state index is 12.0. The fourth-order valence-corrected chi connectivity index (χ4v) is 6.39. The van der Waals surface area contributed by atoms with Crippen LogP contribution in [-0.2, 0) is 17.9 Å². The third kappa shape index (κ3) is 7.07. The summed E-state index contributed by atoms with van der Waals surface area (Å²) in [5.74, 6) is 0.191. The van der Waals surface area contributed by atoms with Gasteiger partial charge in [-0.2, -0.15) is 5.10 Å². The Hall–Kier alpha value is -4.75. The number of aliphatic hydroxyl groups is 1. The van der Waals surface area contributed by atoms with Gasteiger partial charge in [0.05, 0.1) is 53.6 Å². The maximum Gasteiger partial charge on any atom is 0.407 e. The van der Waals surface area contributed by atoms with Crippen LogP contribution < -0.4 is 15.4 Å². The molecular weight excluding hydrogens is 657 g/mol. The Morgan fingerprint density at radius 2 is 1.71 bits per heavy atom. The highest BCUT2D eigenvalue weighted by Gasteiger charge is 2.26. The zero-order chi connectivity index (χ0) is 33.8. The van der Waals surface area contributed by atoms with E-state index in [2.05, 4.69) is 15.6 Å². The summed E-state index contributed by atoms with van der Waals surface area (Å²) in [5.41, 5.74) is 6.02. The van der Waals surface area contributed by atoms with Crippen LogP contribution in [0.5, 0.6) is 5.88 Å². The highest BCUT2D eigenvalue weighted by Crippen LogP contribution is 2.42. The van der Waals surface area contributed by atoms with Crippen molar-refractivity contribution in [3.8, 4) is 39.5 Å². The van der Waals surface area contributed by atoms with Crippen molar-refractivity contribution in [2.75, 3.05) is 26.8 Å². The van der Waals surface area contributed by atoms with Crippen LogP contribution in [0.2, 0.25) is 10.0 Å². The van der Waals surface area contributed by atoms with E-state index in [1.165, 1.54) is 12.0 Å². The number of nitrogens with one attached hydrogen (secondary N) is 2. The summed E-state index contributed by atoms with van der Waals surface area (Å²) in [6, 6.07) is 18.3. The molecule has 6 rings (SSSR count). The number of ether oxygens (including phenoxy) is 1. The molecular formula is C34H33Cl2N7O5. The molecule has 0 spiro atoms. The van der Waals surface area contributed by atoms with Gasteiger partial charge in [-0.05, 0) is 30.7 Å². The number of aromatic nitrogens is 4. The van der Waals surface area contributed by atoms with Crippen molar-refractivity contribution in [3.63, 3.8) is 0 Å². The number of hydrogen-bond donors (Lipinski definition) is 4. The van der Waals surface area contributed by atoms with Gasteiger partial charge in [0.25, 0.3) is 0 Å². The number of rotatable bonds is 12. The molecule has 1 saturated heterocycles. The molecule has 1 aliphatic rings. The van der Waals surface area contributed by atoms with Gasteiger partial charge in [-0.1, -0.05) is 59.6 Å². The van der Waals surface area contributed by atoms with E-state index >= 15 is 0 Å². The molecule has 1 atom stereocenters. The second kappa shape index (κ2) is 14.6. The summed E-state index contributed by atoms with van der Waals surface area (Å²) in [6.07, 6.45) is 1.70. The van der Waals surface area contributed by atoms with Crippen molar-refractivity contribution < 1.29 is 24.5 Å². The standard InChI is InChI=1S/C34H33Cl2N7O5/c1-48-33-20(17-42(34(46)47)18-21-9-13-30(45)39-21)8-10-27(40-33)25-6-2-4-23(31(25)35)24-5-3-7-26(32(24)36)28-11-12-29-38-22(16-37-14-15-44)19-43(29)41-28/h2-8,10-12,19,21,37,44H,9,13-18H2,1H3,(H,39,45)(H,46,47)/t21-/m0/s1. The lowest BCUT2D eigenvalue weighted by molar-refractivity contribution is -0.119. The van der Waals surface area contributed by atoms with Gasteiger partial charge in [-0.15, -0.1) is 0 Å². The highest BCUT2D eigenvalue weighted by molar-refractivity contribution is 6.39. The Bertz CT molecular complexity index is 1990. The van der Waals surface area contributed by atoms with Gasteiger partial charge < -0.3 is 30.5 Å². The molecule has 4 heterocycles. The van der Waals surface area contributed by atoms with E-state index in [4.69, 9.17) is 43.1 Å². The number of hydrogen-bond acceptors (Lipinski definition) is 8. The molecule has 0 bridgehead atoms. The first kappa shape index (κ1) is 33.2. The van der Waals surface area contributed by atoms with Crippen LogP contribution in [0.15, 0.2) is 66.9 Å². The predicted octanol–water partition coefficient (Wildman–Crippen LogP) is 5.28. The Morgan fingerprint density at radius 1 is 1.02 bits per heavy atom. The summed E-state index contributed by atoms with van der Waals surface area (Å²) in [7, 11) is 1.48. The molecule has 0 saturated carbocycles. The summed E-state index contributed by atoms with van der Waals surface area (Å²) in [5, 5.41) is 30.4. The number of carbonyl (C=O) groups excluding carboxylic acids is 1. The van der Waals surface area contributed by atoms with Gasteiger partial charge in [0.2, 0.25) is 11.8 Å². The van der Waals surface area contributed by atoms with Gasteiger partial charge >= 0.3 is 6.09 Å². The lowest BCUT2D eigenvalue weighted by atomic mass is 9.98. The predicted molar refractivity (Wildman–Crippen MR) is 182 cm³/mol. The van der Waals surface area contributed by atoms with Crippen molar-refractivity contribution in [3.05, 3.63) is 88.2 Å². The number of methoxy groups -OCH3 is 1. The molecule has 248 valence electrons. The number of fused-ring (bicyclic) bond motifs is 1. The van der Waals surface area contributed by atoms with Crippen molar-refractivity contribution in [2.24, 2.45) is 0 Å². The van der Waals surface area contributed by atoms with Crippen molar-refractivity contribution in [1.29, 1.82) is 0 Å². The number of benzene rings is 2. The average Bonchev–Trinajstić information content (AvgIpc) is 3.69. The number of imidazole rings is 1. The Labute approximate surface area is 286 Å². The fraction of sp³-hybridized carbons (Fsp3) is 0.265. The monoisotopic (exact) mass is 689 g/mol. The van der Waals surface area contributed by atoms with Gasteiger partial charge in [0.15, 0.2) is 5.65 Å². The number of carbonyl (C=O) groups is 2. The van der Waals surface area contributed by atoms with Gasteiger partial charge in [-0.25, -0.2) is 19.3 Å². The van der Waals surface area contributed by atoms with Crippen LogP contribution in [-0.4, -0.2) is 79.5 Å². The van der Waals surface area contributed by atoms with Crippen LogP contribution in [0.25, 0.3) is 39.3 Å². The molecule has 14 heteroatoms. The first-order chi connectivity index (χ1) is 23.2. The number of carboxylic acid groups (broad SMARTS) is 1. The minimum absolute atomic E-state index is 0.0368. The normalized spacial score (nSPS) is 14.3. The molecule has 12 nitrogen and oxygen atoms in total. The van der Waals surface area contributed by atoms with Gasteiger partial charge in [0, 0.05) is 59.9 Å². The second-order valence-corrected chi connectivity index (χ2v) is 12.1. The van der Waals surface area contributed by atoms with E-state index in [1.54, 1.807) is 16.6 Å². The molecule has 0 aliphatic carbocycles. The van der Waals surface area contributed by atoms with Gasteiger partial charge in [0.1, 0.15) is 0 Å². The van der Waals surface area contributed by atoms with E-state index in [9.17, 15) is 14.7 Å². The first-order valence-corrected chi connectivity index (χ1v) is 16.1. The summed E-state index contributed by atoms with van der Waals surface area (Å²) in [4.78, 5) is 34.1. The van der Waals surface area contributed by atoms with Crippen LogP contribution in [0.3, 0.4) is 0 Å². The third-order valence-electron chi connectivity index (χ3n) is 8.09. The number of amides is 2. The van der Waals surface area contributed by atoms with E-state index in [1.807, 2.05) is 54.7 Å². The molecule has 0 unspecified atom stereocenters. The molecule has 5 aromatic rings. The molecule has 48 heavy (non-hydrogen) atoms. The summed E-state index contributed by atoms with van der Waals surface area (Å²) >= 11 is 14.1. The van der Waals surface area contributed by atoms with Crippen molar-refractivity contribution in [2.45, 2.75) is 32.0 Å². The van der Waals surface area contributed by atoms with E-state index < -0.39 is 6.09 Å². The molecule has 2 aromatic carbocycles. The topological polar surface area (TPSA) is 154 Å². The van der Waals surface area contributed by atoms with Crippen molar-refractivity contribution in [1.82, 2.24) is 35.1 Å². The maximum atomic E-state index is 12.0.